The standard InChI is InChI=1S/C14H16ClF2N3O2/c1-7(2)12-13(21)18-3-4-20(12)14(22)19-11-6-10(17)9(16)5-8(11)15/h5-7,12H,3-4H2,1-2H3,(H,18,21)(H,19,22)/t12-/m1/s1. The van der Waals surface area contributed by atoms with E-state index in [1.807, 2.05) is 13.8 Å². The number of hydrogen-bond acceptors (Lipinski definition) is 2. The molecule has 5 nitrogen and oxygen atoms in total. The van der Waals surface area contributed by atoms with Crippen molar-refractivity contribution in [2.75, 3.05) is 18.4 Å². The van der Waals surface area contributed by atoms with E-state index in [2.05, 4.69) is 10.6 Å². The number of rotatable bonds is 2. The molecular formula is C14H16ClF2N3O2. The SMILES string of the molecule is CC(C)[C@@H]1C(=O)NCCN1C(=O)Nc1cc(F)c(F)cc1Cl. The lowest BCUT2D eigenvalue weighted by molar-refractivity contribution is -0.129. The molecule has 0 spiro atoms. The van der Waals surface area contributed by atoms with E-state index >= 15 is 0 Å². The third kappa shape index (κ3) is 3.30. The van der Waals surface area contributed by atoms with Crippen LogP contribution in [0.5, 0.6) is 0 Å². The lowest BCUT2D eigenvalue weighted by Crippen LogP contribution is -2.60. The van der Waals surface area contributed by atoms with Gasteiger partial charge in [0.25, 0.3) is 0 Å². The van der Waals surface area contributed by atoms with Crippen LogP contribution in [0.1, 0.15) is 13.8 Å². The number of benzene rings is 1. The number of halogens is 3. The Morgan fingerprint density at radius 3 is 2.68 bits per heavy atom. The summed E-state index contributed by atoms with van der Waals surface area (Å²) in [5.74, 6) is -2.55. The Balaban J connectivity index is 2.21. The molecule has 1 aliphatic rings. The fourth-order valence-corrected chi connectivity index (χ4v) is 2.58. The van der Waals surface area contributed by atoms with E-state index in [-0.39, 0.29) is 22.5 Å². The summed E-state index contributed by atoms with van der Waals surface area (Å²) in [6.45, 7) is 4.30. The fraction of sp³-hybridized carbons (Fsp3) is 0.429. The van der Waals surface area contributed by atoms with Crippen LogP contribution in [-0.4, -0.2) is 36.0 Å². The highest BCUT2D eigenvalue weighted by Crippen LogP contribution is 2.26. The maximum Gasteiger partial charge on any atom is 0.322 e. The quantitative estimate of drug-likeness (QED) is 0.818. The summed E-state index contributed by atoms with van der Waals surface area (Å²) < 4.78 is 26.3. The van der Waals surface area contributed by atoms with Gasteiger partial charge in [0.2, 0.25) is 5.91 Å². The predicted octanol–water partition coefficient (Wildman–Crippen LogP) is 2.61. The van der Waals surface area contributed by atoms with Crippen molar-refractivity contribution in [3.8, 4) is 0 Å². The van der Waals surface area contributed by atoms with Gasteiger partial charge < -0.3 is 15.5 Å². The Bertz CT molecular complexity index is 610. The predicted molar refractivity (Wildman–Crippen MR) is 78.7 cm³/mol. The van der Waals surface area contributed by atoms with Crippen LogP contribution >= 0.6 is 11.6 Å². The molecule has 1 fully saturated rings. The smallest absolute Gasteiger partial charge is 0.322 e. The summed E-state index contributed by atoms with van der Waals surface area (Å²) in [7, 11) is 0. The summed E-state index contributed by atoms with van der Waals surface area (Å²) in [4.78, 5) is 25.6. The van der Waals surface area contributed by atoms with Crippen LogP contribution in [0.3, 0.4) is 0 Å². The second-order valence-corrected chi connectivity index (χ2v) is 5.76. The molecule has 0 saturated carbocycles. The Labute approximate surface area is 131 Å². The minimum atomic E-state index is -1.11. The Kier molecular flexibility index (Phi) is 4.85. The first-order valence-corrected chi connectivity index (χ1v) is 7.19. The highest BCUT2D eigenvalue weighted by molar-refractivity contribution is 6.33. The van der Waals surface area contributed by atoms with Crippen LogP contribution in [0.2, 0.25) is 5.02 Å². The molecule has 1 heterocycles. The van der Waals surface area contributed by atoms with Crippen LogP contribution in [0.25, 0.3) is 0 Å². The molecule has 1 aromatic carbocycles. The van der Waals surface area contributed by atoms with Crippen molar-refractivity contribution in [3.63, 3.8) is 0 Å². The topological polar surface area (TPSA) is 61.4 Å². The van der Waals surface area contributed by atoms with E-state index in [9.17, 15) is 18.4 Å². The van der Waals surface area contributed by atoms with Crippen molar-refractivity contribution in [3.05, 3.63) is 28.8 Å². The maximum absolute atomic E-state index is 13.3. The minimum Gasteiger partial charge on any atom is -0.353 e. The van der Waals surface area contributed by atoms with Gasteiger partial charge in [0, 0.05) is 19.2 Å². The van der Waals surface area contributed by atoms with Crippen LogP contribution in [0.15, 0.2) is 12.1 Å². The fourth-order valence-electron chi connectivity index (χ4n) is 2.38. The summed E-state index contributed by atoms with van der Waals surface area (Å²) in [6, 6.07) is 0.388. The first kappa shape index (κ1) is 16.5. The monoisotopic (exact) mass is 331 g/mol. The second-order valence-electron chi connectivity index (χ2n) is 5.35. The van der Waals surface area contributed by atoms with Crippen LogP contribution in [0, 0.1) is 17.6 Å². The lowest BCUT2D eigenvalue weighted by Gasteiger charge is -2.37. The van der Waals surface area contributed by atoms with Crippen molar-refractivity contribution in [1.82, 2.24) is 10.2 Å². The molecule has 0 unspecified atom stereocenters. The zero-order valence-electron chi connectivity index (χ0n) is 12.1. The van der Waals surface area contributed by atoms with Gasteiger partial charge in [0.05, 0.1) is 10.7 Å². The first-order chi connectivity index (χ1) is 10.3. The minimum absolute atomic E-state index is 0.0425. The van der Waals surface area contributed by atoms with Gasteiger partial charge in [-0.25, -0.2) is 13.6 Å². The van der Waals surface area contributed by atoms with Gasteiger partial charge >= 0.3 is 6.03 Å². The average molecular weight is 332 g/mol. The molecule has 0 radical (unpaired) electrons. The van der Waals surface area contributed by atoms with E-state index in [4.69, 9.17) is 11.6 Å². The van der Waals surface area contributed by atoms with Gasteiger partial charge in [0.1, 0.15) is 6.04 Å². The highest BCUT2D eigenvalue weighted by atomic mass is 35.5. The largest absolute Gasteiger partial charge is 0.353 e. The number of anilines is 1. The molecule has 2 N–H and O–H groups in total. The van der Waals surface area contributed by atoms with E-state index in [0.29, 0.717) is 13.1 Å². The normalized spacial score (nSPS) is 18.4. The molecule has 0 bridgehead atoms. The number of amides is 3. The number of nitrogens with zero attached hydrogens (tertiary/aromatic N) is 1. The maximum atomic E-state index is 13.3. The van der Waals surface area contributed by atoms with E-state index in [0.717, 1.165) is 12.1 Å². The molecule has 1 atom stereocenters. The number of piperazine rings is 1. The second kappa shape index (κ2) is 6.48. The molecule has 2 rings (SSSR count). The molecule has 0 aliphatic carbocycles. The average Bonchev–Trinajstić information content (AvgIpc) is 2.43. The molecule has 1 aliphatic heterocycles. The molecule has 1 aromatic rings. The van der Waals surface area contributed by atoms with Crippen molar-refractivity contribution in [2.45, 2.75) is 19.9 Å². The van der Waals surface area contributed by atoms with Crippen molar-refractivity contribution < 1.29 is 18.4 Å². The highest BCUT2D eigenvalue weighted by Gasteiger charge is 2.35. The molecule has 3 amide bonds. The molecule has 1 saturated heterocycles. The first-order valence-electron chi connectivity index (χ1n) is 6.81. The Morgan fingerprint density at radius 1 is 1.41 bits per heavy atom. The number of nitrogens with one attached hydrogen (secondary N) is 2. The molecular weight excluding hydrogens is 316 g/mol. The van der Waals surface area contributed by atoms with E-state index < -0.39 is 23.7 Å². The van der Waals surface area contributed by atoms with Crippen molar-refractivity contribution in [2.24, 2.45) is 5.92 Å². The van der Waals surface area contributed by atoms with Gasteiger partial charge in [-0.2, -0.15) is 0 Å². The van der Waals surface area contributed by atoms with Crippen molar-refractivity contribution in [1.29, 1.82) is 0 Å². The van der Waals surface area contributed by atoms with Crippen molar-refractivity contribution >= 4 is 29.2 Å². The Hall–Kier alpha value is -1.89. The molecule has 120 valence electrons. The van der Waals surface area contributed by atoms with E-state index in [1.165, 1.54) is 4.90 Å². The number of hydrogen-bond donors (Lipinski definition) is 2. The zero-order chi connectivity index (χ0) is 16.4. The third-order valence-electron chi connectivity index (χ3n) is 3.40. The molecule has 22 heavy (non-hydrogen) atoms. The summed E-state index contributed by atoms with van der Waals surface area (Å²) in [6.07, 6.45) is 0. The van der Waals surface area contributed by atoms with Gasteiger partial charge in [0.15, 0.2) is 11.6 Å². The van der Waals surface area contributed by atoms with Crippen LogP contribution in [0.4, 0.5) is 19.3 Å². The van der Waals surface area contributed by atoms with Crippen LogP contribution < -0.4 is 10.6 Å². The van der Waals surface area contributed by atoms with Crippen LogP contribution in [-0.2, 0) is 4.79 Å². The van der Waals surface area contributed by atoms with Gasteiger partial charge in [-0.3, -0.25) is 4.79 Å². The third-order valence-corrected chi connectivity index (χ3v) is 3.71. The van der Waals surface area contributed by atoms with Gasteiger partial charge in [-0.05, 0) is 12.0 Å². The summed E-state index contributed by atoms with van der Waals surface area (Å²) in [5.41, 5.74) is -0.0425. The summed E-state index contributed by atoms with van der Waals surface area (Å²) in [5, 5.41) is 5.00. The van der Waals surface area contributed by atoms with Gasteiger partial charge in [-0.1, -0.05) is 25.4 Å². The Morgan fingerprint density at radius 2 is 2.05 bits per heavy atom. The summed E-state index contributed by atoms with van der Waals surface area (Å²) >= 11 is 5.79. The number of carbonyl (C=O) groups is 2. The van der Waals surface area contributed by atoms with E-state index in [1.54, 1.807) is 0 Å². The molecule has 0 aromatic heterocycles. The number of carbonyl (C=O) groups excluding carboxylic acids is 2. The van der Waals surface area contributed by atoms with Gasteiger partial charge in [-0.15, -0.1) is 0 Å². The molecule has 8 heteroatoms. The zero-order valence-corrected chi connectivity index (χ0v) is 12.9. The lowest BCUT2D eigenvalue weighted by atomic mass is 10.00. The number of urea groups is 1.